The molecule has 2 amide bonds. The van der Waals surface area contributed by atoms with Gasteiger partial charge in [-0.1, -0.05) is 24.8 Å². The SMILES string of the molecule is C=C(C)c1nc([C@@H]2CC[C@H](C)N2C(=O)OC(C)(C)C)[nH]c1-c1ccc2c(c1)COc1cc3c4c(ccc3cc1-2)N=C([C@@H]1CC[C@H](C)N1C(=O)OC(C)(C)C)C4. The zero-order valence-electron chi connectivity index (χ0n) is 33.6. The third kappa shape index (κ3) is 6.78. The zero-order chi connectivity index (χ0) is 39.1. The van der Waals surface area contributed by atoms with E-state index in [1.807, 2.05) is 58.3 Å². The van der Waals surface area contributed by atoms with E-state index in [0.29, 0.717) is 13.0 Å². The summed E-state index contributed by atoms with van der Waals surface area (Å²) in [6.07, 6.45) is 3.57. The molecule has 0 bridgehead atoms. The van der Waals surface area contributed by atoms with Crippen molar-refractivity contribution in [3.8, 4) is 28.1 Å². The lowest BCUT2D eigenvalue weighted by atomic mass is 9.90. The van der Waals surface area contributed by atoms with Gasteiger partial charge in [0.05, 0.1) is 29.2 Å². The summed E-state index contributed by atoms with van der Waals surface area (Å²) in [5.41, 5.74) is 8.78. The molecule has 0 spiro atoms. The van der Waals surface area contributed by atoms with Gasteiger partial charge < -0.3 is 19.2 Å². The number of ether oxygens (including phenoxy) is 3. The Bertz CT molecular complexity index is 2270. The number of amides is 2. The number of likely N-dealkylation sites (tertiary alicyclic amines) is 2. The van der Waals surface area contributed by atoms with Crippen LogP contribution in [0.15, 0.2) is 54.0 Å². The van der Waals surface area contributed by atoms with Gasteiger partial charge in [-0.3, -0.25) is 14.8 Å². The van der Waals surface area contributed by atoms with E-state index < -0.39 is 11.2 Å². The molecule has 10 nitrogen and oxygen atoms in total. The third-order valence-electron chi connectivity index (χ3n) is 11.3. The number of carbonyl (C=O) groups excluding carboxylic acids is 2. The number of aromatic amines is 1. The molecule has 4 aromatic rings. The van der Waals surface area contributed by atoms with E-state index in [0.717, 1.165) is 98.6 Å². The molecule has 1 N–H and O–H groups in total. The van der Waals surface area contributed by atoms with Crippen molar-refractivity contribution in [2.45, 2.75) is 136 Å². The molecule has 2 fully saturated rings. The summed E-state index contributed by atoms with van der Waals surface area (Å²) in [6, 6.07) is 15.0. The quantitative estimate of drug-likeness (QED) is 0.223. The van der Waals surface area contributed by atoms with E-state index in [9.17, 15) is 9.59 Å². The predicted molar refractivity (Wildman–Crippen MR) is 217 cm³/mol. The van der Waals surface area contributed by atoms with Crippen LogP contribution < -0.4 is 4.74 Å². The highest BCUT2D eigenvalue weighted by Gasteiger charge is 2.42. The Hall–Kier alpha value is -5.12. The largest absolute Gasteiger partial charge is 0.488 e. The normalized spacial score (nSPS) is 21.9. The summed E-state index contributed by atoms with van der Waals surface area (Å²) in [7, 11) is 0. The van der Waals surface area contributed by atoms with Gasteiger partial charge in [0.2, 0.25) is 0 Å². The molecule has 0 aliphatic carbocycles. The maximum atomic E-state index is 13.3. The molecule has 8 rings (SSSR count). The molecule has 55 heavy (non-hydrogen) atoms. The topological polar surface area (TPSA) is 109 Å². The monoisotopic (exact) mass is 743 g/mol. The van der Waals surface area contributed by atoms with Crippen LogP contribution in [-0.2, 0) is 22.5 Å². The molecule has 4 atom stereocenters. The second-order valence-electron chi connectivity index (χ2n) is 17.9. The summed E-state index contributed by atoms with van der Waals surface area (Å²) < 4.78 is 18.1. The van der Waals surface area contributed by atoms with Crippen molar-refractivity contribution in [2.24, 2.45) is 4.99 Å². The lowest BCUT2D eigenvalue weighted by Gasteiger charge is -2.31. The van der Waals surface area contributed by atoms with Crippen molar-refractivity contribution >= 4 is 39.9 Å². The molecule has 0 saturated carbocycles. The molecule has 4 aliphatic rings. The average Bonchev–Trinajstić information content (AvgIpc) is 3.90. The van der Waals surface area contributed by atoms with Crippen LogP contribution in [0.1, 0.15) is 117 Å². The van der Waals surface area contributed by atoms with Crippen molar-refractivity contribution in [3.63, 3.8) is 0 Å². The number of nitrogens with zero attached hydrogens (tertiary/aromatic N) is 4. The summed E-state index contributed by atoms with van der Waals surface area (Å²) in [5, 5.41) is 2.25. The number of aliphatic imine (C=N–C) groups is 1. The number of allylic oxidation sites excluding steroid dienone is 1. The number of imidazole rings is 1. The first-order valence-corrected chi connectivity index (χ1v) is 19.7. The summed E-state index contributed by atoms with van der Waals surface area (Å²) in [6.45, 7) is 22.2. The first-order chi connectivity index (χ1) is 26.0. The molecule has 10 heteroatoms. The maximum Gasteiger partial charge on any atom is 0.411 e. The number of hydrogen-bond acceptors (Lipinski definition) is 7. The highest BCUT2D eigenvalue weighted by molar-refractivity contribution is 6.06. The average molecular weight is 744 g/mol. The van der Waals surface area contributed by atoms with Crippen LogP contribution >= 0.6 is 0 Å². The Balaban J connectivity index is 1.07. The van der Waals surface area contributed by atoms with Gasteiger partial charge in [-0.15, -0.1) is 0 Å². The van der Waals surface area contributed by atoms with Crippen LogP contribution in [-0.4, -0.2) is 67.0 Å². The second kappa shape index (κ2) is 13.3. The van der Waals surface area contributed by atoms with E-state index in [1.165, 1.54) is 5.56 Å². The predicted octanol–water partition coefficient (Wildman–Crippen LogP) is 10.7. The van der Waals surface area contributed by atoms with Crippen LogP contribution in [0.25, 0.3) is 38.7 Å². The lowest BCUT2D eigenvalue weighted by Crippen LogP contribution is -2.46. The van der Waals surface area contributed by atoms with E-state index >= 15 is 0 Å². The smallest absolute Gasteiger partial charge is 0.411 e. The molecule has 5 heterocycles. The molecular weight excluding hydrogens is 691 g/mol. The van der Waals surface area contributed by atoms with E-state index in [2.05, 4.69) is 67.9 Å². The number of H-pyrrole nitrogens is 1. The van der Waals surface area contributed by atoms with Gasteiger partial charge in [-0.2, -0.15) is 0 Å². The van der Waals surface area contributed by atoms with Crippen molar-refractivity contribution in [2.75, 3.05) is 0 Å². The summed E-state index contributed by atoms with van der Waals surface area (Å²) in [5.74, 6) is 1.59. The van der Waals surface area contributed by atoms with Crippen LogP contribution in [0, 0.1) is 0 Å². The Morgan fingerprint density at radius 2 is 1.51 bits per heavy atom. The van der Waals surface area contributed by atoms with Gasteiger partial charge in [0.25, 0.3) is 0 Å². The zero-order valence-corrected chi connectivity index (χ0v) is 33.6. The minimum Gasteiger partial charge on any atom is -0.488 e. The summed E-state index contributed by atoms with van der Waals surface area (Å²) >= 11 is 0. The van der Waals surface area contributed by atoms with Gasteiger partial charge >= 0.3 is 12.2 Å². The van der Waals surface area contributed by atoms with Crippen molar-refractivity contribution in [3.05, 3.63) is 71.7 Å². The molecule has 0 radical (unpaired) electrons. The standard InChI is InChI=1S/C45H53N5O5/c1-24(2)39-40(48-41(47-39)37-18-12-26(4)50(37)43(52)55-45(8,9)10)28-13-15-30-29(19-28)23-53-38-22-31-27(20-33(30)38)14-16-34-32(31)21-35(46-34)36-17-11-25(3)49(36)42(51)54-44(5,6)7/h13-16,19-20,22,25-26,36-37H,1,11-12,17-18,21,23H2,2-10H3,(H,47,48)/t25-,26-,36-,37-/m0/s1. The van der Waals surface area contributed by atoms with Crippen LogP contribution in [0.5, 0.6) is 5.75 Å². The second-order valence-corrected chi connectivity index (χ2v) is 17.9. The van der Waals surface area contributed by atoms with Crippen molar-refractivity contribution in [1.82, 2.24) is 19.8 Å². The Morgan fingerprint density at radius 3 is 2.16 bits per heavy atom. The fourth-order valence-electron chi connectivity index (χ4n) is 8.75. The number of carbonyl (C=O) groups is 2. The minimum atomic E-state index is -0.587. The fraction of sp³-hybridized carbons (Fsp3) is 0.467. The Labute approximate surface area is 324 Å². The number of fused-ring (bicyclic) bond motifs is 6. The summed E-state index contributed by atoms with van der Waals surface area (Å²) in [4.78, 5) is 44.0. The highest BCUT2D eigenvalue weighted by atomic mass is 16.6. The van der Waals surface area contributed by atoms with Crippen molar-refractivity contribution in [1.29, 1.82) is 0 Å². The van der Waals surface area contributed by atoms with Gasteiger partial charge in [-0.05, 0) is 145 Å². The molecule has 3 aromatic carbocycles. The number of benzene rings is 3. The maximum absolute atomic E-state index is 13.3. The van der Waals surface area contributed by atoms with Crippen LogP contribution in [0.3, 0.4) is 0 Å². The number of aromatic nitrogens is 2. The van der Waals surface area contributed by atoms with Crippen LogP contribution in [0.2, 0.25) is 0 Å². The Morgan fingerprint density at radius 1 is 0.855 bits per heavy atom. The molecule has 4 aliphatic heterocycles. The number of hydrogen-bond donors (Lipinski definition) is 1. The van der Waals surface area contributed by atoms with Gasteiger partial charge in [0.15, 0.2) is 0 Å². The van der Waals surface area contributed by atoms with Gasteiger partial charge in [-0.25, -0.2) is 14.6 Å². The van der Waals surface area contributed by atoms with Gasteiger partial charge in [0, 0.05) is 35.3 Å². The first kappa shape index (κ1) is 36.8. The first-order valence-electron chi connectivity index (χ1n) is 19.7. The van der Waals surface area contributed by atoms with E-state index in [-0.39, 0.29) is 36.4 Å². The molecule has 1 aromatic heterocycles. The minimum absolute atomic E-state index is 0.0417. The fourth-order valence-corrected chi connectivity index (χ4v) is 8.75. The third-order valence-corrected chi connectivity index (χ3v) is 11.3. The number of rotatable bonds is 4. The molecule has 2 saturated heterocycles. The highest BCUT2D eigenvalue weighted by Crippen LogP contribution is 2.46. The van der Waals surface area contributed by atoms with E-state index in [1.54, 1.807) is 0 Å². The Kier molecular flexibility index (Phi) is 8.89. The molecular formula is C45H53N5O5. The van der Waals surface area contributed by atoms with Gasteiger partial charge in [0.1, 0.15) is 29.4 Å². The molecule has 0 unspecified atom stereocenters. The lowest BCUT2D eigenvalue weighted by molar-refractivity contribution is 0.0149. The molecule has 288 valence electrons. The number of nitrogens with one attached hydrogen (secondary N) is 1. The van der Waals surface area contributed by atoms with E-state index in [4.69, 9.17) is 24.2 Å². The van der Waals surface area contributed by atoms with Crippen molar-refractivity contribution < 1.29 is 23.8 Å². The van der Waals surface area contributed by atoms with Crippen LogP contribution in [0.4, 0.5) is 15.3 Å².